The first-order valence-corrected chi connectivity index (χ1v) is 11.1. The molecule has 2 aromatic rings. The van der Waals surface area contributed by atoms with E-state index >= 15 is 0 Å². The number of nitrogens with zero attached hydrogens (tertiary/aromatic N) is 1. The van der Waals surface area contributed by atoms with Crippen LogP contribution in [0, 0.1) is 0 Å². The van der Waals surface area contributed by atoms with E-state index in [9.17, 15) is 19.2 Å². The Bertz CT molecular complexity index is 1080. The lowest BCUT2D eigenvalue weighted by molar-refractivity contribution is -0.125. The number of carbonyl (C=O) groups excluding carboxylic acids is 3. The van der Waals surface area contributed by atoms with Gasteiger partial charge in [0.15, 0.2) is 0 Å². The van der Waals surface area contributed by atoms with Crippen molar-refractivity contribution < 1.29 is 33.8 Å². The Kier molecular flexibility index (Phi) is 8.08. The van der Waals surface area contributed by atoms with Crippen LogP contribution >= 0.6 is 0 Å². The first-order valence-electron chi connectivity index (χ1n) is 11.1. The number of aromatic carboxylic acids is 1. The maximum absolute atomic E-state index is 13.0. The number of hydrogen-bond donors (Lipinski definition) is 3. The van der Waals surface area contributed by atoms with Crippen LogP contribution in [0.5, 0.6) is 0 Å². The fourth-order valence-corrected chi connectivity index (χ4v) is 3.42. The molecule has 0 unspecified atom stereocenters. The Labute approximate surface area is 203 Å². The summed E-state index contributed by atoms with van der Waals surface area (Å²) in [6.45, 7) is 6.12. The number of ether oxygens (including phenoxy) is 2. The van der Waals surface area contributed by atoms with Gasteiger partial charge in [-0.2, -0.15) is 0 Å². The van der Waals surface area contributed by atoms with Gasteiger partial charge in [0.25, 0.3) is 5.91 Å². The zero-order valence-electron chi connectivity index (χ0n) is 19.9. The number of morpholine rings is 1. The van der Waals surface area contributed by atoms with Gasteiger partial charge in [0.1, 0.15) is 18.2 Å². The highest BCUT2D eigenvalue weighted by Gasteiger charge is 2.26. The molecule has 1 fully saturated rings. The summed E-state index contributed by atoms with van der Waals surface area (Å²) >= 11 is 0. The number of amides is 3. The van der Waals surface area contributed by atoms with Gasteiger partial charge in [-0.05, 0) is 62.7 Å². The Morgan fingerprint density at radius 1 is 1.09 bits per heavy atom. The highest BCUT2D eigenvalue weighted by atomic mass is 16.6. The number of hydrogen-bond acceptors (Lipinski definition) is 6. The van der Waals surface area contributed by atoms with Crippen molar-refractivity contribution in [1.82, 2.24) is 5.32 Å². The van der Waals surface area contributed by atoms with Gasteiger partial charge in [0, 0.05) is 24.3 Å². The molecule has 3 rings (SSSR count). The van der Waals surface area contributed by atoms with E-state index in [1.165, 1.54) is 24.3 Å². The van der Waals surface area contributed by atoms with Gasteiger partial charge in [-0.15, -0.1) is 0 Å². The zero-order valence-corrected chi connectivity index (χ0v) is 19.9. The second-order valence-corrected chi connectivity index (χ2v) is 9.04. The minimum atomic E-state index is -1.07. The van der Waals surface area contributed by atoms with Crippen molar-refractivity contribution in [1.29, 1.82) is 0 Å². The summed E-state index contributed by atoms with van der Waals surface area (Å²) in [7, 11) is 0. The van der Waals surface area contributed by atoms with E-state index in [0.717, 1.165) is 11.3 Å². The summed E-state index contributed by atoms with van der Waals surface area (Å²) in [6.07, 6.45) is -0.579. The third kappa shape index (κ3) is 7.54. The molecule has 1 atom stereocenters. The van der Waals surface area contributed by atoms with Crippen LogP contribution < -0.4 is 15.5 Å². The molecule has 1 aliphatic heterocycles. The first kappa shape index (κ1) is 25.7. The fourth-order valence-electron chi connectivity index (χ4n) is 3.42. The molecule has 186 valence electrons. The second-order valence-electron chi connectivity index (χ2n) is 9.04. The number of nitrogens with one attached hydrogen (secondary N) is 2. The average Bonchev–Trinajstić information content (AvgIpc) is 2.78. The molecule has 0 spiro atoms. The molecule has 0 aliphatic carbocycles. The third-order valence-corrected chi connectivity index (χ3v) is 5.08. The zero-order chi connectivity index (χ0) is 25.6. The maximum Gasteiger partial charge on any atom is 0.408 e. The van der Waals surface area contributed by atoms with Crippen LogP contribution in [-0.2, 0) is 25.5 Å². The van der Waals surface area contributed by atoms with Crippen LogP contribution in [0.1, 0.15) is 36.7 Å². The number of alkyl carbamates (subject to hydrolysis) is 1. The van der Waals surface area contributed by atoms with Crippen molar-refractivity contribution in [3.05, 3.63) is 59.7 Å². The molecular formula is C25H29N3O7. The number of carboxylic acids is 1. The average molecular weight is 484 g/mol. The largest absolute Gasteiger partial charge is 0.478 e. The summed E-state index contributed by atoms with van der Waals surface area (Å²) in [5, 5.41) is 14.3. The van der Waals surface area contributed by atoms with Crippen molar-refractivity contribution in [2.24, 2.45) is 0 Å². The summed E-state index contributed by atoms with van der Waals surface area (Å²) in [5.41, 5.74) is 1.21. The lowest BCUT2D eigenvalue weighted by atomic mass is 10.0. The van der Waals surface area contributed by atoms with E-state index in [1.807, 2.05) is 0 Å². The van der Waals surface area contributed by atoms with Gasteiger partial charge >= 0.3 is 12.1 Å². The van der Waals surface area contributed by atoms with Crippen LogP contribution in [0.2, 0.25) is 0 Å². The van der Waals surface area contributed by atoms with Gasteiger partial charge in [-0.25, -0.2) is 9.59 Å². The van der Waals surface area contributed by atoms with Gasteiger partial charge in [0.2, 0.25) is 5.91 Å². The normalized spacial score (nSPS) is 14.7. The van der Waals surface area contributed by atoms with Crippen molar-refractivity contribution in [3.63, 3.8) is 0 Å². The van der Waals surface area contributed by atoms with E-state index in [1.54, 1.807) is 49.9 Å². The minimum Gasteiger partial charge on any atom is -0.478 e. The van der Waals surface area contributed by atoms with E-state index < -0.39 is 29.6 Å². The Morgan fingerprint density at radius 2 is 1.74 bits per heavy atom. The molecule has 10 nitrogen and oxygen atoms in total. The van der Waals surface area contributed by atoms with Crippen LogP contribution in [0.3, 0.4) is 0 Å². The summed E-state index contributed by atoms with van der Waals surface area (Å²) < 4.78 is 10.5. The lowest BCUT2D eigenvalue weighted by Crippen LogP contribution is -2.47. The summed E-state index contributed by atoms with van der Waals surface area (Å²) in [6, 6.07) is 11.9. The predicted octanol–water partition coefficient (Wildman–Crippen LogP) is 2.82. The van der Waals surface area contributed by atoms with Crippen molar-refractivity contribution in [3.8, 4) is 0 Å². The van der Waals surface area contributed by atoms with Gasteiger partial charge in [-0.1, -0.05) is 12.1 Å². The van der Waals surface area contributed by atoms with E-state index in [-0.39, 0.29) is 24.5 Å². The lowest BCUT2D eigenvalue weighted by Gasteiger charge is -2.27. The molecule has 1 heterocycles. The molecule has 0 bridgehead atoms. The van der Waals surface area contributed by atoms with Gasteiger partial charge in [-0.3, -0.25) is 9.59 Å². The Morgan fingerprint density at radius 3 is 2.31 bits per heavy atom. The number of benzene rings is 2. The summed E-state index contributed by atoms with van der Waals surface area (Å²) in [5.74, 6) is -1.69. The fraction of sp³-hybridized carbons (Fsp3) is 0.360. The number of rotatable bonds is 7. The number of carbonyl (C=O) groups is 4. The van der Waals surface area contributed by atoms with E-state index in [0.29, 0.717) is 18.8 Å². The SMILES string of the molecule is CC(C)(C)OC(=O)N[C@@H](Cc1ccc(N2CCOCC2=O)cc1)C(=O)Nc1ccc(C(=O)O)cc1. The Hall–Kier alpha value is -3.92. The third-order valence-electron chi connectivity index (χ3n) is 5.08. The number of anilines is 2. The summed E-state index contributed by atoms with van der Waals surface area (Å²) in [4.78, 5) is 50.2. The van der Waals surface area contributed by atoms with Crippen LogP contribution in [0.4, 0.5) is 16.2 Å². The van der Waals surface area contributed by atoms with Gasteiger partial charge in [0.05, 0.1) is 12.2 Å². The molecule has 35 heavy (non-hydrogen) atoms. The predicted molar refractivity (Wildman–Crippen MR) is 129 cm³/mol. The van der Waals surface area contributed by atoms with Crippen molar-refractivity contribution in [2.45, 2.75) is 38.8 Å². The molecule has 3 amide bonds. The molecule has 0 saturated carbocycles. The molecule has 3 N–H and O–H groups in total. The molecular weight excluding hydrogens is 454 g/mol. The molecule has 10 heteroatoms. The molecule has 1 saturated heterocycles. The molecule has 0 radical (unpaired) electrons. The van der Waals surface area contributed by atoms with Crippen molar-refractivity contribution in [2.75, 3.05) is 30.0 Å². The van der Waals surface area contributed by atoms with Gasteiger partial charge < -0.3 is 30.1 Å². The van der Waals surface area contributed by atoms with E-state index in [2.05, 4.69) is 10.6 Å². The topological polar surface area (TPSA) is 134 Å². The highest BCUT2D eigenvalue weighted by Crippen LogP contribution is 2.19. The molecule has 2 aromatic carbocycles. The molecule has 1 aliphatic rings. The second kappa shape index (κ2) is 11.0. The first-order chi connectivity index (χ1) is 16.5. The minimum absolute atomic E-state index is 0.0389. The Balaban J connectivity index is 1.74. The van der Waals surface area contributed by atoms with Crippen LogP contribution in [0.25, 0.3) is 0 Å². The number of carboxylic acid groups (broad SMARTS) is 1. The monoisotopic (exact) mass is 483 g/mol. The highest BCUT2D eigenvalue weighted by molar-refractivity contribution is 5.97. The molecule has 0 aromatic heterocycles. The maximum atomic E-state index is 13.0. The van der Waals surface area contributed by atoms with Crippen LogP contribution in [0.15, 0.2) is 48.5 Å². The van der Waals surface area contributed by atoms with E-state index in [4.69, 9.17) is 14.6 Å². The smallest absolute Gasteiger partial charge is 0.408 e. The van der Waals surface area contributed by atoms with Crippen LogP contribution in [-0.4, -0.2) is 60.4 Å². The van der Waals surface area contributed by atoms with Crippen molar-refractivity contribution >= 4 is 35.3 Å². The standard InChI is InChI=1S/C25H29N3O7/c1-25(2,3)35-24(33)27-20(22(30)26-18-8-6-17(7-9-18)23(31)32)14-16-4-10-19(11-5-16)28-12-13-34-15-21(28)29/h4-11,20H,12-15H2,1-3H3,(H,26,30)(H,27,33)(H,31,32)/t20-/m0/s1. The quantitative estimate of drug-likeness (QED) is 0.551.